The topological polar surface area (TPSA) is 0 Å². The SMILES string of the molecule is CC(C)C1=CC2(C=CCCC2)CC1. The van der Waals surface area contributed by atoms with E-state index in [-0.39, 0.29) is 0 Å². The molecule has 2 aliphatic rings. The van der Waals surface area contributed by atoms with Crippen molar-refractivity contribution in [3.05, 3.63) is 23.8 Å². The van der Waals surface area contributed by atoms with E-state index >= 15 is 0 Å². The van der Waals surface area contributed by atoms with E-state index in [9.17, 15) is 0 Å². The average molecular weight is 176 g/mol. The number of hydrogen-bond acceptors (Lipinski definition) is 0. The molecule has 0 aliphatic heterocycles. The van der Waals surface area contributed by atoms with Crippen molar-refractivity contribution in [1.29, 1.82) is 0 Å². The fraction of sp³-hybridized carbons (Fsp3) is 0.692. The lowest BCUT2D eigenvalue weighted by Crippen LogP contribution is -2.13. The normalized spacial score (nSPS) is 33.0. The molecule has 0 heterocycles. The number of allylic oxidation sites excluding steroid dienone is 4. The maximum atomic E-state index is 2.56. The zero-order valence-electron chi connectivity index (χ0n) is 8.84. The van der Waals surface area contributed by atoms with Gasteiger partial charge >= 0.3 is 0 Å². The summed E-state index contributed by atoms with van der Waals surface area (Å²) in [4.78, 5) is 0. The smallest absolute Gasteiger partial charge is 0.00668 e. The quantitative estimate of drug-likeness (QED) is 0.528. The molecule has 0 N–H and O–H groups in total. The number of hydrogen-bond donors (Lipinski definition) is 0. The van der Waals surface area contributed by atoms with E-state index in [2.05, 4.69) is 32.1 Å². The van der Waals surface area contributed by atoms with Crippen LogP contribution in [0.1, 0.15) is 46.0 Å². The van der Waals surface area contributed by atoms with Crippen molar-refractivity contribution >= 4 is 0 Å². The molecule has 0 saturated carbocycles. The summed E-state index contributed by atoms with van der Waals surface area (Å²) in [6.07, 6.45) is 14.2. The molecule has 0 aromatic heterocycles. The van der Waals surface area contributed by atoms with Gasteiger partial charge < -0.3 is 0 Å². The molecule has 0 aromatic rings. The Morgan fingerprint density at radius 3 is 2.69 bits per heavy atom. The molecule has 13 heavy (non-hydrogen) atoms. The minimum atomic E-state index is 0.484. The first-order valence-corrected chi connectivity index (χ1v) is 5.61. The van der Waals surface area contributed by atoms with E-state index in [1.165, 1.54) is 32.1 Å². The summed E-state index contributed by atoms with van der Waals surface area (Å²) in [6.45, 7) is 4.63. The molecule has 1 spiro atoms. The van der Waals surface area contributed by atoms with Gasteiger partial charge in [0, 0.05) is 5.41 Å². The first-order chi connectivity index (χ1) is 6.22. The molecule has 1 atom stereocenters. The zero-order valence-corrected chi connectivity index (χ0v) is 8.84. The number of rotatable bonds is 1. The molecule has 0 bridgehead atoms. The molecule has 1 unspecified atom stereocenters. The molecule has 0 saturated heterocycles. The van der Waals surface area contributed by atoms with E-state index in [1.807, 2.05) is 0 Å². The summed E-state index contributed by atoms with van der Waals surface area (Å²) in [5.41, 5.74) is 2.17. The summed E-state index contributed by atoms with van der Waals surface area (Å²) in [6, 6.07) is 0. The molecule has 0 heteroatoms. The third-order valence-corrected chi connectivity index (χ3v) is 3.56. The van der Waals surface area contributed by atoms with Crippen LogP contribution in [0.25, 0.3) is 0 Å². The van der Waals surface area contributed by atoms with E-state index in [4.69, 9.17) is 0 Å². The third kappa shape index (κ3) is 1.72. The lowest BCUT2D eigenvalue weighted by Gasteiger charge is -2.26. The standard InChI is InChI=1S/C13H20/c1-11(2)12-6-9-13(10-12)7-4-3-5-8-13/h4,7,10-11H,3,5-6,8-9H2,1-2H3. The molecule has 0 nitrogen and oxygen atoms in total. The molecular formula is C13H20. The highest BCUT2D eigenvalue weighted by molar-refractivity contribution is 5.25. The van der Waals surface area contributed by atoms with Gasteiger partial charge in [-0.1, -0.05) is 37.6 Å². The fourth-order valence-electron chi connectivity index (χ4n) is 2.62. The van der Waals surface area contributed by atoms with Crippen molar-refractivity contribution < 1.29 is 0 Å². The molecule has 0 radical (unpaired) electrons. The molecule has 72 valence electrons. The van der Waals surface area contributed by atoms with Gasteiger partial charge in [-0.3, -0.25) is 0 Å². The largest absolute Gasteiger partial charge is 0.0877 e. The van der Waals surface area contributed by atoms with E-state index in [0.717, 1.165) is 5.92 Å². The summed E-state index contributed by atoms with van der Waals surface area (Å²) >= 11 is 0. The third-order valence-electron chi connectivity index (χ3n) is 3.56. The Labute approximate surface area is 81.7 Å². The monoisotopic (exact) mass is 176 g/mol. The minimum Gasteiger partial charge on any atom is -0.0877 e. The van der Waals surface area contributed by atoms with Crippen LogP contribution in [0.15, 0.2) is 23.8 Å². The van der Waals surface area contributed by atoms with Crippen molar-refractivity contribution in [2.75, 3.05) is 0 Å². The van der Waals surface area contributed by atoms with Gasteiger partial charge in [-0.25, -0.2) is 0 Å². The van der Waals surface area contributed by atoms with Crippen molar-refractivity contribution in [2.45, 2.75) is 46.0 Å². The van der Waals surface area contributed by atoms with Crippen LogP contribution in [0.2, 0.25) is 0 Å². The van der Waals surface area contributed by atoms with Gasteiger partial charge in [0.15, 0.2) is 0 Å². The summed E-state index contributed by atoms with van der Waals surface area (Å²) in [5.74, 6) is 0.759. The first kappa shape index (κ1) is 9.05. The van der Waals surface area contributed by atoms with Crippen molar-refractivity contribution in [3.8, 4) is 0 Å². The van der Waals surface area contributed by atoms with Crippen LogP contribution in [0.4, 0.5) is 0 Å². The van der Waals surface area contributed by atoms with Crippen LogP contribution in [-0.4, -0.2) is 0 Å². The van der Waals surface area contributed by atoms with Gasteiger partial charge in [0.05, 0.1) is 0 Å². The molecule has 2 rings (SSSR count). The maximum Gasteiger partial charge on any atom is 0.00668 e. The van der Waals surface area contributed by atoms with Gasteiger partial charge in [-0.05, 0) is 38.0 Å². The lowest BCUT2D eigenvalue weighted by molar-refractivity contribution is 0.410. The van der Waals surface area contributed by atoms with E-state index < -0.39 is 0 Å². The van der Waals surface area contributed by atoms with Crippen LogP contribution >= 0.6 is 0 Å². The Morgan fingerprint density at radius 1 is 1.31 bits per heavy atom. The second kappa shape index (κ2) is 3.32. The Bertz CT molecular complexity index is 245. The second-order valence-electron chi connectivity index (χ2n) is 4.90. The van der Waals surface area contributed by atoms with Crippen LogP contribution < -0.4 is 0 Å². The summed E-state index contributed by atoms with van der Waals surface area (Å²) in [5, 5.41) is 0. The van der Waals surface area contributed by atoms with Gasteiger partial charge in [0.2, 0.25) is 0 Å². The molecule has 0 amide bonds. The van der Waals surface area contributed by atoms with Gasteiger partial charge in [-0.2, -0.15) is 0 Å². The Kier molecular flexibility index (Phi) is 2.31. The highest BCUT2D eigenvalue weighted by Crippen LogP contribution is 2.45. The van der Waals surface area contributed by atoms with E-state index in [1.54, 1.807) is 5.57 Å². The van der Waals surface area contributed by atoms with Gasteiger partial charge in [0.1, 0.15) is 0 Å². The first-order valence-electron chi connectivity index (χ1n) is 5.61. The molecule has 2 aliphatic carbocycles. The summed E-state index contributed by atoms with van der Waals surface area (Å²) < 4.78 is 0. The Balaban J connectivity index is 2.18. The fourth-order valence-corrected chi connectivity index (χ4v) is 2.62. The Hall–Kier alpha value is -0.520. The molecule has 0 aromatic carbocycles. The zero-order chi connectivity index (χ0) is 9.31. The highest BCUT2D eigenvalue weighted by atomic mass is 14.4. The molecular weight excluding hydrogens is 156 g/mol. The van der Waals surface area contributed by atoms with Crippen molar-refractivity contribution in [3.63, 3.8) is 0 Å². The van der Waals surface area contributed by atoms with Crippen LogP contribution in [0, 0.1) is 11.3 Å². The van der Waals surface area contributed by atoms with E-state index in [0.29, 0.717) is 5.41 Å². The highest BCUT2D eigenvalue weighted by Gasteiger charge is 2.31. The molecule has 0 fully saturated rings. The maximum absolute atomic E-state index is 2.56. The van der Waals surface area contributed by atoms with Crippen LogP contribution in [0.5, 0.6) is 0 Å². The predicted octanol–water partition coefficient (Wildman–Crippen LogP) is 4.09. The second-order valence-corrected chi connectivity index (χ2v) is 4.90. The lowest BCUT2D eigenvalue weighted by atomic mass is 9.79. The summed E-state index contributed by atoms with van der Waals surface area (Å²) in [7, 11) is 0. The average Bonchev–Trinajstić information content (AvgIpc) is 2.51. The van der Waals surface area contributed by atoms with Gasteiger partial charge in [-0.15, -0.1) is 0 Å². The predicted molar refractivity (Wildman–Crippen MR) is 57.6 cm³/mol. The van der Waals surface area contributed by atoms with Crippen molar-refractivity contribution in [2.24, 2.45) is 11.3 Å². The van der Waals surface area contributed by atoms with Crippen molar-refractivity contribution in [1.82, 2.24) is 0 Å². The van der Waals surface area contributed by atoms with Crippen LogP contribution in [-0.2, 0) is 0 Å². The Morgan fingerprint density at radius 2 is 2.15 bits per heavy atom. The van der Waals surface area contributed by atoms with Gasteiger partial charge in [0.25, 0.3) is 0 Å². The minimum absolute atomic E-state index is 0.484. The van der Waals surface area contributed by atoms with Crippen LogP contribution in [0.3, 0.4) is 0 Å².